The normalized spacial score (nSPS) is 10.4. The minimum Gasteiger partial charge on any atom is -0.465 e. The van der Waals surface area contributed by atoms with E-state index in [0.717, 1.165) is 21.3 Å². The predicted octanol–water partition coefficient (Wildman–Crippen LogP) is 0.361. The lowest BCUT2D eigenvalue weighted by Gasteiger charge is -2.11. The third-order valence-electron chi connectivity index (χ3n) is 1.23. The molecule has 0 heterocycles. The van der Waals surface area contributed by atoms with Crippen LogP contribution in [-0.4, -0.2) is 33.2 Å². The zero-order valence-corrected chi connectivity index (χ0v) is 8.29. The maximum atomic E-state index is 11.4. The number of hydrogen-bond acceptors (Lipinski definition) is 6. The highest BCUT2D eigenvalue weighted by Crippen LogP contribution is 2.53. The molecule has 74 valence electrons. The van der Waals surface area contributed by atoms with Crippen LogP contribution in [0.2, 0.25) is 0 Å². The lowest BCUT2D eigenvalue weighted by molar-refractivity contribution is -0.135. The van der Waals surface area contributed by atoms with Gasteiger partial charge in [-0.15, -0.1) is 0 Å². The number of carbonyl (C=O) groups excluding carboxylic acids is 2. The summed E-state index contributed by atoms with van der Waals surface area (Å²) in [6.07, 6.45) is 0. The molecule has 0 aliphatic rings. The van der Waals surface area contributed by atoms with Crippen molar-refractivity contribution in [3.05, 3.63) is 5.31 Å². The van der Waals surface area contributed by atoms with E-state index in [4.69, 9.17) is 0 Å². The maximum Gasteiger partial charge on any atom is 0.379 e. The number of rotatable bonds is 4. The van der Waals surface area contributed by atoms with Crippen LogP contribution in [0, 0.1) is 0 Å². The third-order valence-corrected chi connectivity index (χ3v) is 3.01. The third kappa shape index (κ3) is 2.50. The van der Waals surface area contributed by atoms with E-state index in [-0.39, 0.29) is 0 Å². The van der Waals surface area contributed by atoms with Crippen molar-refractivity contribution in [2.75, 3.05) is 21.3 Å². The van der Waals surface area contributed by atoms with Gasteiger partial charge in [0.1, 0.15) is 5.94 Å². The first kappa shape index (κ1) is 12.1. The standard InChI is InChI=1S/C6H9O6P/c1-10-6(8)5(4-7)13(9,11-2)12-3/h1-3H3. The van der Waals surface area contributed by atoms with Crippen molar-refractivity contribution in [1.82, 2.24) is 0 Å². The van der Waals surface area contributed by atoms with E-state index in [2.05, 4.69) is 13.8 Å². The molecular weight excluding hydrogens is 199 g/mol. The van der Waals surface area contributed by atoms with Gasteiger partial charge < -0.3 is 13.8 Å². The largest absolute Gasteiger partial charge is 0.465 e. The summed E-state index contributed by atoms with van der Waals surface area (Å²) >= 11 is 0. The number of carbonyl (C=O) groups is 1. The Labute approximate surface area is 75.0 Å². The van der Waals surface area contributed by atoms with Gasteiger partial charge in [-0.1, -0.05) is 0 Å². The molecule has 13 heavy (non-hydrogen) atoms. The van der Waals surface area contributed by atoms with Crippen LogP contribution in [-0.2, 0) is 27.9 Å². The molecule has 0 unspecified atom stereocenters. The van der Waals surface area contributed by atoms with E-state index in [1.54, 1.807) is 0 Å². The Morgan fingerprint density at radius 1 is 1.23 bits per heavy atom. The summed E-state index contributed by atoms with van der Waals surface area (Å²) in [5.74, 6) is 0.0927. The molecule has 0 aliphatic heterocycles. The van der Waals surface area contributed by atoms with E-state index in [1.165, 1.54) is 5.94 Å². The Morgan fingerprint density at radius 3 is 1.92 bits per heavy atom. The Morgan fingerprint density at radius 2 is 1.69 bits per heavy atom. The molecule has 0 aromatic carbocycles. The van der Waals surface area contributed by atoms with Gasteiger partial charge in [0.25, 0.3) is 0 Å². The Balaban J connectivity index is 5.11. The van der Waals surface area contributed by atoms with Crippen LogP contribution in [0.5, 0.6) is 0 Å². The molecule has 0 aliphatic carbocycles. The summed E-state index contributed by atoms with van der Waals surface area (Å²) in [6, 6.07) is 0. The van der Waals surface area contributed by atoms with Crippen molar-refractivity contribution in [3.8, 4) is 0 Å². The topological polar surface area (TPSA) is 78.9 Å². The van der Waals surface area contributed by atoms with E-state index >= 15 is 0 Å². The first-order valence-corrected chi connectivity index (χ1v) is 4.65. The van der Waals surface area contributed by atoms with Gasteiger partial charge in [0.15, 0.2) is 0 Å². The van der Waals surface area contributed by atoms with E-state index < -0.39 is 18.9 Å². The first-order valence-electron chi connectivity index (χ1n) is 3.11. The average Bonchev–Trinajstić information content (AvgIpc) is 2.18. The summed E-state index contributed by atoms with van der Waals surface area (Å²) in [7, 11) is -0.716. The van der Waals surface area contributed by atoms with Gasteiger partial charge in [0.2, 0.25) is 5.31 Å². The zero-order valence-electron chi connectivity index (χ0n) is 7.40. The number of hydrogen-bond donors (Lipinski definition) is 0. The lowest BCUT2D eigenvalue weighted by Crippen LogP contribution is -2.08. The van der Waals surface area contributed by atoms with Gasteiger partial charge in [-0.05, 0) is 0 Å². The van der Waals surface area contributed by atoms with Crippen LogP contribution < -0.4 is 0 Å². The van der Waals surface area contributed by atoms with Crippen LogP contribution in [0.15, 0.2) is 5.31 Å². The lowest BCUT2D eigenvalue weighted by atomic mass is 10.6. The molecule has 0 bridgehead atoms. The molecule has 0 aromatic heterocycles. The Kier molecular flexibility index (Phi) is 4.59. The smallest absolute Gasteiger partial charge is 0.379 e. The van der Waals surface area contributed by atoms with Gasteiger partial charge in [0, 0.05) is 14.2 Å². The van der Waals surface area contributed by atoms with Crippen LogP contribution in [0.3, 0.4) is 0 Å². The summed E-state index contributed by atoms with van der Waals surface area (Å²) in [6.45, 7) is 0. The van der Waals surface area contributed by atoms with Crippen molar-refractivity contribution in [1.29, 1.82) is 0 Å². The second kappa shape index (κ2) is 4.94. The highest BCUT2D eigenvalue weighted by Gasteiger charge is 2.35. The summed E-state index contributed by atoms with van der Waals surface area (Å²) in [5.41, 5.74) is 0. The van der Waals surface area contributed by atoms with Crippen LogP contribution in [0.4, 0.5) is 0 Å². The first-order chi connectivity index (χ1) is 6.05. The van der Waals surface area contributed by atoms with Gasteiger partial charge in [-0.3, -0.25) is 4.57 Å². The minimum atomic E-state index is -3.85. The van der Waals surface area contributed by atoms with Crippen molar-refractivity contribution in [2.24, 2.45) is 0 Å². The quantitative estimate of drug-likeness (QED) is 0.287. The molecule has 0 N–H and O–H groups in total. The van der Waals surface area contributed by atoms with Crippen LogP contribution >= 0.6 is 7.60 Å². The molecule has 0 amide bonds. The second-order valence-corrected chi connectivity index (χ2v) is 3.98. The molecule has 0 aromatic rings. The van der Waals surface area contributed by atoms with Gasteiger partial charge in [0.05, 0.1) is 7.11 Å². The van der Waals surface area contributed by atoms with E-state index in [1.807, 2.05) is 0 Å². The van der Waals surface area contributed by atoms with Gasteiger partial charge in [-0.2, -0.15) is 0 Å². The number of methoxy groups -OCH3 is 1. The SMILES string of the molecule is COC(=O)C(=C=O)P(=O)(OC)OC. The molecule has 0 rings (SSSR count). The monoisotopic (exact) mass is 208 g/mol. The van der Waals surface area contributed by atoms with E-state index in [9.17, 15) is 14.2 Å². The van der Waals surface area contributed by atoms with Crippen LogP contribution in [0.25, 0.3) is 0 Å². The average molecular weight is 208 g/mol. The fraction of sp³-hybridized carbons (Fsp3) is 0.500. The fourth-order valence-electron chi connectivity index (χ4n) is 0.563. The highest BCUT2D eigenvalue weighted by molar-refractivity contribution is 7.60. The molecule has 0 saturated heterocycles. The summed E-state index contributed by atoms with van der Waals surface area (Å²) < 4.78 is 24.4. The molecule has 0 fully saturated rings. The van der Waals surface area contributed by atoms with Crippen LogP contribution in [0.1, 0.15) is 0 Å². The van der Waals surface area contributed by atoms with Crippen molar-refractivity contribution >= 4 is 19.5 Å². The molecule has 6 nitrogen and oxygen atoms in total. The predicted molar refractivity (Wildman–Crippen MR) is 42.8 cm³/mol. The molecule has 0 saturated carbocycles. The van der Waals surface area contributed by atoms with E-state index in [0.29, 0.717) is 0 Å². The molecule has 0 radical (unpaired) electrons. The maximum absolute atomic E-state index is 11.4. The molecular formula is C6H9O6P. The summed E-state index contributed by atoms with van der Waals surface area (Å²) in [4.78, 5) is 21.1. The molecule has 7 heteroatoms. The fourth-order valence-corrected chi connectivity index (χ4v) is 1.50. The van der Waals surface area contributed by atoms with Crippen molar-refractivity contribution in [3.63, 3.8) is 0 Å². The van der Waals surface area contributed by atoms with Gasteiger partial charge >= 0.3 is 13.6 Å². The Hall–Kier alpha value is -0.930. The second-order valence-electron chi connectivity index (χ2n) is 1.80. The zero-order chi connectivity index (χ0) is 10.5. The van der Waals surface area contributed by atoms with Crippen molar-refractivity contribution in [2.45, 2.75) is 0 Å². The van der Waals surface area contributed by atoms with Gasteiger partial charge in [-0.25, -0.2) is 9.59 Å². The highest BCUT2D eigenvalue weighted by atomic mass is 31.2. The number of esters is 1. The summed E-state index contributed by atoms with van der Waals surface area (Å²) in [5, 5.41) is -0.778. The Bertz CT molecular complexity index is 281. The number of ether oxygens (including phenoxy) is 1. The van der Waals surface area contributed by atoms with Crippen molar-refractivity contribution < 1.29 is 27.9 Å². The minimum absolute atomic E-state index is 0.778. The molecule has 0 spiro atoms. The molecule has 0 atom stereocenters.